The fraction of sp³-hybridized carbons (Fsp3) is 0.429. The van der Waals surface area contributed by atoms with Crippen molar-refractivity contribution in [3.63, 3.8) is 0 Å². The molecule has 1 rings (SSSR count). The predicted molar refractivity (Wildman–Crippen MR) is 74.0 cm³/mol. The molecule has 0 amide bonds. The van der Waals surface area contributed by atoms with Crippen molar-refractivity contribution in [1.82, 2.24) is 0 Å². The van der Waals surface area contributed by atoms with Crippen molar-refractivity contribution in [1.29, 1.82) is 0 Å². The standard InChI is InChI=1S/C14H17NO6/c1-3-20-13(16)8-7-10-5-6-11(14(17)21-4-2)9-12(10)15(18)19/h5-6,9H,3-4,7-8H2,1-2H3. The number of ether oxygens (including phenoxy) is 2. The van der Waals surface area contributed by atoms with Crippen molar-refractivity contribution in [2.45, 2.75) is 26.7 Å². The number of carbonyl (C=O) groups excluding carboxylic acids is 2. The molecule has 0 saturated carbocycles. The molecule has 0 N–H and O–H groups in total. The normalized spacial score (nSPS) is 10.0. The first-order valence-electron chi connectivity index (χ1n) is 6.59. The van der Waals surface area contributed by atoms with Crippen LogP contribution in [0, 0.1) is 10.1 Å². The molecule has 7 heteroatoms. The van der Waals surface area contributed by atoms with Crippen molar-refractivity contribution in [3.05, 3.63) is 39.4 Å². The van der Waals surface area contributed by atoms with Crippen molar-refractivity contribution in [2.24, 2.45) is 0 Å². The number of aryl methyl sites for hydroxylation is 1. The van der Waals surface area contributed by atoms with Gasteiger partial charge in [0.2, 0.25) is 0 Å². The minimum atomic E-state index is -0.613. The lowest BCUT2D eigenvalue weighted by atomic mass is 10.0. The van der Waals surface area contributed by atoms with E-state index in [9.17, 15) is 19.7 Å². The van der Waals surface area contributed by atoms with Gasteiger partial charge >= 0.3 is 11.9 Å². The van der Waals surface area contributed by atoms with Crippen LogP contribution >= 0.6 is 0 Å². The molecular weight excluding hydrogens is 278 g/mol. The molecule has 0 aliphatic rings. The van der Waals surface area contributed by atoms with E-state index in [1.165, 1.54) is 18.2 Å². The zero-order valence-corrected chi connectivity index (χ0v) is 12.0. The molecular formula is C14H17NO6. The van der Waals surface area contributed by atoms with Crippen LogP contribution in [0.25, 0.3) is 0 Å². The van der Waals surface area contributed by atoms with Crippen LogP contribution in [0.3, 0.4) is 0 Å². The number of nitro groups is 1. The molecule has 0 radical (unpaired) electrons. The summed E-state index contributed by atoms with van der Waals surface area (Å²) in [6.07, 6.45) is 0.228. The molecule has 0 aliphatic heterocycles. The molecule has 21 heavy (non-hydrogen) atoms. The molecule has 7 nitrogen and oxygen atoms in total. The van der Waals surface area contributed by atoms with E-state index >= 15 is 0 Å². The van der Waals surface area contributed by atoms with Gasteiger partial charge in [0, 0.05) is 18.1 Å². The number of rotatable bonds is 7. The molecule has 114 valence electrons. The van der Waals surface area contributed by atoms with Crippen molar-refractivity contribution < 1.29 is 24.0 Å². The Bertz CT molecular complexity index is 540. The number of benzene rings is 1. The Morgan fingerprint density at radius 2 is 1.86 bits per heavy atom. The highest BCUT2D eigenvalue weighted by Crippen LogP contribution is 2.22. The zero-order valence-electron chi connectivity index (χ0n) is 12.0. The summed E-state index contributed by atoms with van der Waals surface area (Å²) in [5, 5.41) is 11.1. The Kier molecular flexibility index (Phi) is 6.32. The summed E-state index contributed by atoms with van der Waals surface area (Å²) in [7, 11) is 0. The van der Waals surface area contributed by atoms with E-state index < -0.39 is 16.9 Å². The van der Waals surface area contributed by atoms with Crippen molar-refractivity contribution >= 4 is 17.6 Å². The van der Waals surface area contributed by atoms with Crippen LogP contribution in [-0.4, -0.2) is 30.1 Å². The van der Waals surface area contributed by atoms with Gasteiger partial charge in [-0.25, -0.2) is 4.79 Å². The third kappa shape index (κ3) is 4.87. The third-order valence-corrected chi connectivity index (χ3v) is 2.70. The molecule has 0 atom stereocenters. The summed E-state index contributed by atoms with van der Waals surface area (Å²) in [6, 6.07) is 4.08. The number of carbonyl (C=O) groups is 2. The zero-order chi connectivity index (χ0) is 15.8. The smallest absolute Gasteiger partial charge is 0.338 e. The maximum atomic E-state index is 11.6. The van der Waals surface area contributed by atoms with Crippen molar-refractivity contribution in [3.8, 4) is 0 Å². The summed E-state index contributed by atoms with van der Waals surface area (Å²) >= 11 is 0. The Labute approximate surface area is 122 Å². The van der Waals surface area contributed by atoms with Gasteiger partial charge in [0.15, 0.2) is 0 Å². The lowest BCUT2D eigenvalue weighted by Crippen LogP contribution is -2.08. The van der Waals surface area contributed by atoms with Crippen LogP contribution in [0.2, 0.25) is 0 Å². The minimum Gasteiger partial charge on any atom is -0.466 e. The Morgan fingerprint density at radius 3 is 2.43 bits per heavy atom. The number of hydrogen-bond acceptors (Lipinski definition) is 6. The van der Waals surface area contributed by atoms with E-state index in [1.54, 1.807) is 13.8 Å². The summed E-state index contributed by atoms with van der Waals surface area (Å²) < 4.78 is 9.57. The van der Waals surface area contributed by atoms with Gasteiger partial charge in [-0.05, 0) is 26.3 Å². The lowest BCUT2D eigenvalue weighted by molar-refractivity contribution is -0.385. The first-order valence-corrected chi connectivity index (χ1v) is 6.59. The Balaban J connectivity index is 2.92. The second kappa shape index (κ2) is 7.98. The second-order valence-electron chi connectivity index (χ2n) is 4.13. The predicted octanol–water partition coefficient (Wildman–Crippen LogP) is 2.27. The number of nitrogens with zero attached hydrogens (tertiary/aromatic N) is 1. The third-order valence-electron chi connectivity index (χ3n) is 2.70. The quantitative estimate of drug-likeness (QED) is 0.435. The Morgan fingerprint density at radius 1 is 1.19 bits per heavy atom. The van der Waals surface area contributed by atoms with Crippen molar-refractivity contribution in [2.75, 3.05) is 13.2 Å². The van der Waals surface area contributed by atoms with E-state index in [0.29, 0.717) is 5.56 Å². The number of nitro benzene ring substituents is 1. The van der Waals surface area contributed by atoms with E-state index in [0.717, 1.165) is 0 Å². The molecule has 0 bridgehead atoms. The van der Waals surface area contributed by atoms with Gasteiger partial charge in [0.25, 0.3) is 5.69 Å². The molecule has 0 spiro atoms. The molecule has 0 heterocycles. The van der Waals surface area contributed by atoms with E-state index in [1.807, 2.05) is 0 Å². The maximum absolute atomic E-state index is 11.6. The van der Waals surface area contributed by atoms with Crippen LogP contribution in [0.5, 0.6) is 0 Å². The molecule has 0 saturated heterocycles. The first kappa shape index (κ1) is 16.6. The van der Waals surface area contributed by atoms with Gasteiger partial charge < -0.3 is 9.47 Å². The minimum absolute atomic E-state index is 0.0490. The summed E-state index contributed by atoms with van der Waals surface area (Å²) in [4.78, 5) is 33.3. The van der Waals surface area contributed by atoms with E-state index in [2.05, 4.69) is 0 Å². The first-order chi connectivity index (χ1) is 9.99. The topological polar surface area (TPSA) is 95.7 Å². The monoisotopic (exact) mass is 295 g/mol. The van der Waals surface area contributed by atoms with Crippen LogP contribution in [0.4, 0.5) is 5.69 Å². The van der Waals surface area contributed by atoms with Gasteiger partial charge in [-0.3, -0.25) is 14.9 Å². The molecule has 1 aromatic rings. The van der Waals surface area contributed by atoms with Crippen LogP contribution in [0.1, 0.15) is 36.2 Å². The highest BCUT2D eigenvalue weighted by Gasteiger charge is 2.18. The van der Waals surface area contributed by atoms with Gasteiger partial charge in [-0.15, -0.1) is 0 Å². The highest BCUT2D eigenvalue weighted by atomic mass is 16.6. The fourth-order valence-corrected chi connectivity index (χ4v) is 1.76. The molecule has 0 unspecified atom stereocenters. The lowest BCUT2D eigenvalue weighted by Gasteiger charge is -2.06. The van der Waals surface area contributed by atoms with Crippen LogP contribution in [0.15, 0.2) is 18.2 Å². The summed E-state index contributed by atoms with van der Waals surface area (Å²) in [5.74, 6) is -1.03. The largest absolute Gasteiger partial charge is 0.466 e. The SMILES string of the molecule is CCOC(=O)CCc1ccc(C(=O)OCC)cc1[N+](=O)[O-]. The average molecular weight is 295 g/mol. The maximum Gasteiger partial charge on any atom is 0.338 e. The van der Waals surface area contributed by atoms with Gasteiger partial charge in [0.1, 0.15) is 0 Å². The summed E-state index contributed by atoms with van der Waals surface area (Å²) in [5.41, 5.74) is 0.286. The van der Waals surface area contributed by atoms with E-state index in [4.69, 9.17) is 9.47 Å². The number of esters is 2. The Hall–Kier alpha value is -2.44. The van der Waals surface area contributed by atoms with Crippen LogP contribution in [-0.2, 0) is 20.7 Å². The average Bonchev–Trinajstić information content (AvgIpc) is 2.45. The molecule has 0 aliphatic carbocycles. The molecule has 0 aromatic heterocycles. The second-order valence-corrected chi connectivity index (χ2v) is 4.13. The summed E-state index contributed by atoms with van der Waals surface area (Å²) in [6.45, 7) is 3.80. The van der Waals surface area contributed by atoms with Gasteiger partial charge in [-0.1, -0.05) is 6.07 Å². The fourth-order valence-electron chi connectivity index (χ4n) is 1.76. The molecule has 0 fully saturated rings. The highest BCUT2D eigenvalue weighted by molar-refractivity contribution is 5.90. The van der Waals surface area contributed by atoms with Crippen LogP contribution < -0.4 is 0 Å². The van der Waals surface area contributed by atoms with Gasteiger partial charge in [-0.2, -0.15) is 0 Å². The number of hydrogen-bond donors (Lipinski definition) is 0. The van der Waals surface area contributed by atoms with E-state index in [-0.39, 0.29) is 37.3 Å². The van der Waals surface area contributed by atoms with Gasteiger partial charge in [0.05, 0.1) is 23.7 Å². The molecule has 1 aromatic carbocycles.